The van der Waals surface area contributed by atoms with Crippen molar-refractivity contribution < 1.29 is 4.39 Å². The molecule has 3 rings (SSSR count). The van der Waals surface area contributed by atoms with E-state index in [0.29, 0.717) is 17.2 Å². The Morgan fingerprint density at radius 3 is 2.52 bits per heavy atom. The average Bonchev–Trinajstić information content (AvgIpc) is 2.90. The van der Waals surface area contributed by atoms with Gasteiger partial charge in [-0.1, -0.05) is 12.1 Å². The lowest BCUT2D eigenvalue weighted by molar-refractivity contribution is 0.611. The number of benzene rings is 1. The molecule has 2 aromatic heterocycles. The van der Waals surface area contributed by atoms with Crippen LogP contribution in [0.4, 0.5) is 4.39 Å². The summed E-state index contributed by atoms with van der Waals surface area (Å²) in [4.78, 5) is 17.0. The van der Waals surface area contributed by atoms with Crippen molar-refractivity contribution >= 4 is 0 Å². The summed E-state index contributed by atoms with van der Waals surface area (Å²) < 4.78 is 17.1. The molecule has 0 radical (unpaired) electrons. The van der Waals surface area contributed by atoms with E-state index in [1.165, 1.54) is 10.7 Å². The first kappa shape index (κ1) is 15.1. The Balaban J connectivity index is 2.32. The zero-order valence-corrected chi connectivity index (χ0v) is 13.5. The molecule has 0 saturated heterocycles. The van der Waals surface area contributed by atoms with Gasteiger partial charge in [0.1, 0.15) is 17.3 Å². The van der Waals surface area contributed by atoms with E-state index in [0.717, 1.165) is 11.3 Å². The monoisotopic (exact) mass is 312 g/mol. The number of nitrogens with zero attached hydrogens (tertiary/aromatic N) is 4. The summed E-state index contributed by atoms with van der Waals surface area (Å²) in [5.74, 6) is 0.402. The van der Waals surface area contributed by atoms with Gasteiger partial charge in [-0.15, -0.1) is 0 Å². The highest BCUT2D eigenvalue weighted by Gasteiger charge is 2.18. The number of aryl methyl sites for hydroxylation is 2. The minimum atomic E-state index is -0.417. The van der Waals surface area contributed by atoms with Gasteiger partial charge in [-0.3, -0.25) is 4.79 Å². The second-order valence-electron chi connectivity index (χ2n) is 5.54. The number of rotatable bonds is 2. The van der Waals surface area contributed by atoms with Crippen molar-refractivity contribution in [3.05, 3.63) is 63.6 Å². The van der Waals surface area contributed by atoms with Crippen molar-refractivity contribution in [1.82, 2.24) is 19.3 Å². The Morgan fingerprint density at radius 1 is 1.13 bits per heavy atom. The van der Waals surface area contributed by atoms with E-state index >= 15 is 0 Å². The lowest BCUT2D eigenvalue weighted by atomic mass is 10.1. The maximum atomic E-state index is 14.1. The van der Waals surface area contributed by atoms with Crippen LogP contribution in [0.25, 0.3) is 17.1 Å². The first-order valence-corrected chi connectivity index (χ1v) is 7.26. The summed E-state index contributed by atoms with van der Waals surface area (Å²) in [6, 6.07) is 8.07. The molecular formula is C17H17FN4O. The Bertz CT molecular complexity index is 956. The molecule has 1 aromatic carbocycles. The maximum absolute atomic E-state index is 14.1. The molecule has 0 spiro atoms. The smallest absolute Gasteiger partial charge is 0.261 e. The highest BCUT2D eigenvalue weighted by Crippen LogP contribution is 2.21. The molecule has 0 aliphatic rings. The minimum Gasteiger partial charge on any atom is -0.315 e. The molecule has 118 valence electrons. The quantitative estimate of drug-likeness (QED) is 0.731. The Kier molecular flexibility index (Phi) is 3.60. The van der Waals surface area contributed by atoms with Gasteiger partial charge in [-0.25, -0.2) is 14.1 Å². The highest BCUT2D eigenvalue weighted by molar-refractivity contribution is 5.58. The SMILES string of the molecule is Cc1nc(-c2cc(C)c(C)n(C)c2=O)n(-c2ccccc2F)n1. The normalized spacial score (nSPS) is 11.0. The van der Waals surface area contributed by atoms with Gasteiger partial charge in [0.05, 0.1) is 5.56 Å². The zero-order valence-electron chi connectivity index (χ0n) is 13.5. The molecule has 6 heteroatoms. The molecule has 3 aromatic rings. The Labute approximate surface area is 133 Å². The first-order valence-electron chi connectivity index (χ1n) is 7.26. The van der Waals surface area contributed by atoms with Crippen LogP contribution in [-0.2, 0) is 7.05 Å². The third kappa shape index (κ3) is 2.46. The molecule has 0 atom stereocenters. The van der Waals surface area contributed by atoms with Crippen LogP contribution in [0, 0.1) is 26.6 Å². The van der Waals surface area contributed by atoms with Gasteiger partial charge in [0.25, 0.3) is 5.56 Å². The average molecular weight is 312 g/mol. The fourth-order valence-electron chi connectivity index (χ4n) is 2.52. The topological polar surface area (TPSA) is 52.7 Å². The van der Waals surface area contributed by atoms with Crippen LogP contribution in [0.2, 0.25) is 0 Å². The summed E-state index contributed by atoms with van der Waals surface area (Å²) in [5, 5.41) is 4.26. The van der Waals surface area contributed by atoms with Gasteiger partial charge >= 0.3 is 0 Å². The van der Waals surface area contributed by atoms with Crippen molar-refractivity contribution in [3.63, 3.8) is 0 Å². The van der Waals surface area contributed by atoms with Gasteiger partial charge in [-0.05, 0) is 44.5 Å². The molecule has 0 fully saturated rings. The van der Waals surface area contributed by atoms with E-state index < -0.39 is 5.82 Å². The van der Waals surface area contributed by atoms with Crippen LogP contribution in [0.3, 0.4) is 0 Å². The molecule has 23 heavy (non-hydrogen) atoms. The second kappa shape index (κ2) is 5.46. The first-order chi connectivity index (χ1) is 10.9. The van der Waals surface area contributed by atoms with Gasteiger partial charge in [0, 0.05) is 12.7 Å². The molecule has 0 unspecified atom stereocenters. The predicted molar refractivity (Wildman–Crippen MR) is 86.2 cm³/mol. The minimum absolute atomic E-state index is 0.182. The number of aromatic nitrogens is 4. The van der Waals surface area contributed by atoms with Crippen LogP contribution >= 0.6 is 0 Å². The van der Waals surface area contributed by atoms with Gasteiger partial charge < -0.3 is 4.57 Å². The van der Waals surface area contributed by atoms with Crippen molar-refractivity contribution in [2.45, 2.75) is 20.8 Å². The highest BCUT2D eigenvalue weighted by atomic mass is 19.1. The Morgan fingerprint density at radius 2 is 1.83 bits per heavy atom. The molecule has 0 aliphatic carbocycles. The molecular weight excluding hydrogens is 295 g/mol. The number of halogens is 1. The zero-order chi connectivity index (χ0) is 16.7. The van der Waals surface area contributed by atoms with Crippen molar-refractivity contribution in [3.8, 4) is 17.1 Å². The van der Waals surface area contributed by atoms with Gasteiger partial charge in [-0.2, -0.15) is 5.10 Å². The summed E-state index contributed by atoms with van der Waals surface area (Å²) in [7, 11) is 1.71. The standard InChI is InChI=1S/C17H17FN4O/c1-10-9-13(17(23)21(4)11(10)2)16-19-12(3)20-22(16)15-8-6-5-7-14(15)18/h5-9H,1-4H3. The van der Waals surface area contributed by atoms with Crippen molar-refractivity contribution in [2.24, 2.45) is 7.05 Å². The molecule has 5 nitrogen and oxygen atoms in total. The fourth-order valence-corrected chi connectivity index (χ4v) is 2.52. The predicted octanol–water partition coefficient (Wildman–Crippen LogP) is 2.70. The van der Waals surface area contributed by atoms with Crippen LogP contribution in [0.1, 0.15) is 17.1 Å². The largest absolute Gasteiger partial charge is 0.315 e. The van der Waals surface area contributed by atoms with E-state index in [-0.39, 0.29) is 11.2 Å². The Hall–Kier alpha value is -2.76. The summed E-state index contributed by atoms with van der Waals surface area (Å²) in [6.45, 7) is 5.52. The number of hydrogen-bond donors (Lipinski definition) is 0. The number of hydrogen-bond acceptors (Lipinski definition) is 3. The van der Waals surface area contributed by atoms with Gasteiger partial charge in [0.2, 0.25) is 0 Å². The van der Waals surface area contributed by atoms with Crippen LogP contribution < -0.4 is 5.56 Å². The lowest BCUT2D eigenvalue weighted by Crippen LogP contribution is -2.23. The number of pyridine rings is 1. The third-order valence-electron chi connectivity index (χ3n) is 4.00. The third-order valence-corrected chi connectivity index (χ3v) is 4.00. The maximum Gasteiger partial charge on any atom is 0.261 e. The lowest BCUT2D eigenvalue weighted by Gasteiger charge is -2.11. The van der Waals surface area contributed by atoms with Crippen LogP contribution in [0.15, 0.2) is 35.1 Å². The van der Waals surface area contributed by atoms with Crippen molar-refractivity contribution in [1.29, 1.82) is 0 Å². The van der Waals surface area contributed by atoms with E-state index in [1.54, 1.807) is 42.8 Å². The van der Waals surface area contributed by atoms with Crippen molar-refractivity contribution in [2.75, 3.05) is 0 Å². The molecule has 0 aliphatic heterocycles. The fraction of sp³-hybridized carbons (Fsp3) is 0.235. The number of para-hydroxylation sites is 1. The van der Waals surface area contributed by atoms with E-state index in [4.69, 9.17) is 0 Å². The van der Waals surface area contributed by atoms with Crippen LogP contribution in [-0.4, -0.2) is 19.3 Å². The molecule has 2 heterocycles. The second-order valence-corrected chi connectivity index (χ2v) is 5.54. The summed E-state index contributed by atoms with van der Waals surface area (Å²) in [5.41, 5.74) is 2.33. The molecule has 0 bridgehead atoms. The van der Waals surface area contributed by atoms with E-state index in [9.17, 15) is 9.18 Å². The van der Waals surface area contributed by atoms with E-state index in [1.807, 2.05) is 13.8 Å². The van der Waals surface area contributed by atoms with Gasteiger partial charge in [0.15, 0.2) is 5.82 Å². The molecule has 0 saturated carbocycles. The summed E-state index contributed by atoms with van der Waals surface area (Å²) >= 11 is 0. The van der Waals surface area contributed by atoms with E-state index in [2.05, 4.69) is 10.1 Å². The molecule has 0 N–H and O–H groups in total. The summed E-state index contributed by atoms with van der Waals surface area (Å²) in [6.07, 6.45) is 0. The molecule has 0 amide bonds. The van der Waals surface area contributed by atoms with Crippen LogP contribution in [0.5, 0.6) is 0 Å².